The van der Waals surface area contributed by atoms with Crippen LogP contribution in [0.4, 0.5) is 0 Å². The van der Waals surface area contributed by atoms with Crippen LogP contribution in [-0.4, -0.2) is 5.11 Å². The van der Waals surface area contributed by atoms with E-state index >= 15 is 0 Å². The van der Waals surface area contributed by atoms with Crippen LogP contribution in [0.5, 0.6) is 0 Å². The number of fused-ring (bicyclic) bond motifs is 2. The van der Waals surface area contributed by atoms with E-state index in [1.165, 1.54) is 36.8 Å². The van der Waals surface area contributed by atoms with Crippen molar-refractivity contribution in [3.8, 4) is 0 Å². The fraction of sp³-hybridized carbons (Fsp3) is 0.538. The van der Waals surface area contributed by atoms with Gasteiger partial charge in [-0.1, -0.05) is 37.1 Å². The molecule has 1 atom stereocenters. The molecule has 1 nitrogen and oxygen atoms in total. The molecule has 0 aliphatic heterocycles. The topological polar surface area (TPSA) is 20.2 Å². The van der Waals surface area contributed by atoms with Crippen LogP contribution in [0, 0.1) is 0 Å². The molecule has 3 rings (SSSR count). The predicted octanol–water partition coefficient (Wildman–Crippen LogP) is 2.94. The minimum atomic E-state index is -0.204. The average Bonchev–Trinajstić information content (AvgIpc) is 2.77. The van der Waals surface area contributed by atoms with Crippen molar-refractivity contribution < 1.29 is 5.11 Å². The van der Waals surface area contributed by atoms with Gasteiger partial charge in [0.15, 0.2) is 0 Å². The second kappa shape index (κ2) is 2.83. The van der Waals surface area contributed by atoms with Crippen LogP contribution in [0.15, 0.2) is 24.3 Å². The van der Waals surface area contributed by atoms with Crippen molar-refractivity contribution in [2.24, 2.45) is 0 Å². The number of benzene rings is 1. The summed E-state index contributed by atoms with van der Waals surface area (Å²) in [5, 5.41) is 10.0. The van der Waals surface area contributed by atoms with Gasteiger partial charge in [0.1, 0.15) is 0 Å². The first-order valence-electron chi connectivity index (χ1n) is 5.59. The SMILES string of the molecule is OC1CC2(CCCC2)c2ccccc21. The lowest BCUT2D eigenvalue weighted by Crippen LogP contribution is -2.17. The smallest absolute Gasteiger partial charge is 0.0801 e. The Morgan fingerprint density at radius 1 is 1.14 bits per heavy atom. The molecule has 1 aromatic carbocycles. The summed E-state index contributed by atoms with van der Waals surface area (Å²) in [6.45, 7) is 0. The molecular weight excluding hydrogens is 172 g/mol. The average molecular weight is 188 g/mol. The molecule has 1 unspecified atom stereocenters. The van der Waals surface area contributed by atoms with Crippen LogP contribution in [-0.2, 0) is 5.41 Å². The van der Waals surface area contributed by atoms with Crippen molar-refractivity contribution in [2.45, 2.75) is 43.6 Å². The van der Waals surface area contributed by atoms with Crippen LogP contribution in [0.25, 0.3) is 0 Å². The van der Waals surface area contributed by atoms with E-state index in [9.17, 15) is 5.11 Å². The quantitative estimate of drug-likeness (QED) is 0.663. The Morgan fingerprint density at radius 3 is 2.64 bits per heavy atom. The van der Waals surface area contributed by atoms with Crippen LogP contribution in [0.3, 0.4) is 0 Å². The van der Waals surface area contributed by atoms with Gasteiger partial charge in [-0.15, -0.1) is 0 Å². The molecular formula is C13H16O. The van der Waals surface area contributed by atoms with Gasteiger partial charge in [0, 0.05) is 0 Å². The van der Waals surface area contributed by atoms with Crippen molar-refractivity contribution in [2.75, 3.05) is 0 Å². The Balaban J connectivity index is 2.13. The molecule has 1 fully saturated rings. The van der Waals surface area contributed by atoms with Gasteiger partial charge < -0.3 is 5.11 Å². The van der Waals surface area contributed by atoms with Crippen LogP contribution < -0.4 is 0 Å². The Kier molecular flexibility index (Phi) is 1.72. The van der Waals surface area contributed by atoms with Gasteiger partial charge in [-0.05, 0) is 35.8 Å². The highest BCUT2D eigenvalue weighted by atomic mass is 16.3. The van der Waals surface area contributed by atoms with E-state index in [0.29, 0.717) is 5.41 Å². The summed E-state index contributed by atoms with van der Waals surface area (Å²) in [6.07, 6.45) is 5.99. The first-order valence-corrected chi connectivity index (χ1v) is 5.59. The number of aliphatic hydroxyl groups is 1. The summed E-state index contributed by atoms with van der Waals surface area (Å²) in [5.74, 6) is 0. The molecule has 0 heterocycles. The summed E-state index contributed by atoms with van der Waals surface area (Å²) >= 11 is 0. The van der Waals surface area contributed by atoms with Gasteiger partial charge in [-0.2, -0.15) is 0 Å². The van der Waals surface area contributed by atoms with Gasteiger partial charge in [-0.3, -0.25) is 0 Å². The number of rotatable bonds is 0. The van der Waals surface area contributed by atoms with Crippen molar-refractivity contribution in [1.82, 2.24) is 0 Å². The van der Waals surface area contributed by atoms with Crippen LogP contribution in [0.2, 0.25) is 0 Å². The molecule has 74 valence electrons. The number of hydrogen-bond donors (Lipinski definition) is 1. The molecule has 0 bridgehead atoms. The lowest BCUT2D eigenvalue weighted by Gasteiger charge is -2.23. The fourth-order valence-electron chi connectivity index (χ4n) is 3.39. The van der Waals surface area contributed by atoms with Crippen molar-refractivity contribution in [3.05, 3.63) is 35.4 Å². The number of hydrogen-bond acceptors (Lipinski definition) is 1. The fourth-order valence-corrected chi connectivity index (χ4v) is 3.39. The van der Waals surface area contributed by atoms with Crippen molar-refractivity contribution >= 4 is 0 Å². The summed E-state index contributed by atoms with van der Waals surface area (Å²) in [5.41, 5.74) is 2.97. The predicted molar refractivity (Wildman–Crippen MR) is 56.2 cm³/mol. The highest BCUT2D eigenvalue weighted by Gasteiger charge is 2.44. The van der Waals surface area contributed by atoms with Crippen LogP contribution in [0.1, 0.15) is 49.3 Å². The van der Waals surface area contributed by atoms with Gasteiger partial charge >= 0.3 is 0 Å². The minimum absolute atomic E-state index is 0.204. The normalized spacial score (nSPS) is 28.2. The Hall–Kier alpha value is -0.820. The molecule has 1 spiro atoms. The number of aliphatic hydroxyl groups excluding tert-OH is 1. The van der Waals surface area contributed by atoms with E-state index in [4.69, 9.17) is 0 Å². The first-order chi connectivity index (χ1) is 6.82. The molecule has 0 amide bonds. The second-order valence-corrected chi connectivity index (χ2v) is 4.79. The van der Waals surface area contributed by atoms with Crippen molar-refractivity contribution in [3.63, 3.8) is 0 Å². The zero-order chi connectivity index (χ0) is 9.60. The molecule has 0 saturated heterocycles. The Bertz CT molecular complexity index is 350. The third kappa shape index (κ3) is 0.992. The second-order valence-electron chi connectivity index (χ2n) is 4.79. The lowest BCUT2D eigenvalue weighted by atomic mass is 9.80. The molecule has 0 radical (unpaired) electrons. The van der Waals surface area contributed by atoms with Gasteiger partial charge in [0.25, 0.3) is 0 Å². The molecule has 2 aliphatic carbocycles. The summed E-state index contributed by atoms with van der Waals surface area (Å²) < 4.78 is 0. The molecule has 1 saturated carbocycles. The van der Waals surface area contributed by atoms with E-state index in [0.717, 1.165) is 6.42 Å². The summed E-state index contributed by atoms with van der Waals surface area (Å²) in [7, 11) is 0. The van der Waals surface area contributed by atoms with Crippen LogP contribution >= 0.6 is 0 Å². The molecule has 2 aliphatic rings. The summed E-state index contributed by atoms with van der Waals surface area (Å²) in [4.78, 5) is 0. The molecule has 0 aromatic heterocycles. The maximum absolute atomic E-state index is 10.0. The molecule has 1 heteroatoms. The van der Waals surface area contributed by atoms with E-state index < -0.39 is 0 Å². The zero-order valence-corrected chi connectivity index (χ0v) is 8.37. The maximum Gasteiger partial charge on any atom is 0.0801 e. The van der Waals surface area contributed by atoms with Gasteiger partial charge in [0.05, 0.1) is 6.10 Å². The summed E-state index contributed by atoms with van der Waals surface area (Å²) in [6, 6.07) is 8.46. The van der Waals surface area contributed by atoms with E-state index in [-0.39, 0.29) is 6.10 Å². The lowest BCUT2D eigenvalue weighted by molar-refractivity contribution is 0.155. The molecule has 1 N–H and O–H groups in total. The standard InChI is InChI=1S/C13H16O/c14-12-9-13(7-3-4-8-13)11-6-2-1-5-10(11)12/h1-2,5-6,12,14H,3-4,7-9H2. The highest BCUT2D eigenvalue weighted by molar-refractivity contribution is 5.41. The highest BCUT2D eigenvalue weighted by Crippen LogP contribution is 2.53. The third-order valence-electron chi connectivity index (χ3n) is 4.04. The van der Waals surface area contributed by atoms with E-state index in [2.05, 4.69) is 18.2 Å². The monoisotopic (exact) mass is 188 g/mol. The maximum atomic E-state index is 10.0. The van der Waals surface area contributed by atoms with E-state index in [1.807, 2.05) is 6.07 Å². The first kappa shape index (κ1) is 8.49. The van der Waals surface area contributed by atoms with Crippen molar-refractivity contribution in [1.29, 1.82) is 0 Å². The van der Waals surface area contributed by atoms with Gasteiger partial charge in [-0.25, -0.2) is 0 Å². The largest absolute Gasteiger partial charge is 0.388 e. The van der Waals surface area contributed by atoms with Gasteiger partial charge in [0.2, 0.25) is 0 Å². The zero-order valence-electron chi connectivity index (χ0n) is 8.37. The third-order valence-corrected chi connectivity index (χ3v) is 4.04. The Morgan fingerprint density at radius 2 is 1.86 bits per heavy atom. The molecule has 14 heavy (non-hydrogen) atoms. The van der Waals surface area contributed by atoms with E-state index in [1.54, 1.807) is 0 Å². The Labute approximate surface area is 84.8 Å². The molecule has 1 aromatic rings. The minimum Gasteiger partial charge on any atom is -0.388 e.